The molecule has 5 aromatic rings. The average Bonchev–Trinajstić information content (AvgIpc) is 3.45. The number of hydrogen-bond acceptors (Lipinski definition) is 5. The van der Waals surface area contributed by atoms with Gasteiger partial charge in [0.1, 0.15) is 0 Å². The zero-order valence-electron chi connectivity index (χ0n) is 21.7. The van der Waals surface area contributed by atoms with E-state index >= 15 is 0 Å². The first-order valence-electron chi connectivity index (χ1n) is 12.9. The molecule has 1 aliphatic heterocycles. The summed E-state index contributed by atoms with van der Waals surface area (Å²) in [4.78, 5) is 32.3. The fourth-order valence-electron chi connectivity index (χ4n) is 5.17. The highest BCUT2D eigenvalue weighted by Gasteiger charge is 2.33. The average molecular weight is 534 g/mol. The molecule has 0 amide bonds. The summed E-state index contributed by atoms with van der Waals surface area (Å²) in [5, 5.41) is 1.11. The van der Waals surface area contributed by atoms with E-state index in [4.69, 9.17) is 9.73 Å². The number of nitrogens with zero attached hydrogens (tertiary/aromatic N) is 3. The lowest BCUT2D eigenvalue weighted by Gasteiger charge is -2.24. The number of esters is 1. The molecule has 1 aliphatic rings. The number of thiazole rings is 1. The Bertz CT molecular complexity index is 1900. The predicted octanol–water partition coefficient (Wildman–Crippen LogP) is 4.80. The Balaban J connectivity index is 1.55. The van der Waals surface area contributed by atoms with Crippen molar-refractivity contribution >= 4 is 34.3 Å². The molecule has 0 radical (unpaired) electrons. The molecule has 0 fully saturated rings. The lowest BCUT2D eigenvalue weighted by molar-refractivity contribution is -0.139. The Hall–Kier alpha value is -4.49. The van der Waals surface area contributed by atoms with Gasteiger partial charge in [0, 0.05) is 23.1 Å². The number of hydrogen-bond donors (Lipinski definition) is 0. The van der Waals surface area contributed by atoms with Gasteiger partial charge in [-0.3, -0.25) is 9.36 Å². The summed E-state index contributed by atoms with van der Waals surface area (Å²) < 4.78 is 9.81. The fourth-order valence-corrected chi connectivity index (χ4v) is 6.20. The molecular weight excluding hydrogens is 506 g/mol. The van der Waals surface area contributed by atoms with Gasteiger partial charge in [0.2, 0.25) is 0 Å². The molecule has 2 aromatic heterocycles. The van der Waals surface area contributed by atoms with Gasteiger partial charge in [0.25, 0.3) is 5.56 Å². The Morgan fingerprint density at radius 2 is 1.69 bits per heavy atom. The van der Waals surface area contributed by atoms with Gasteiger partial charge in [-0.2, -0.15) is 0 Å². The van der Waals surface area contributed by atoms with Crippen molar-refractivity contribution in [2.24, 2.45) is 4.99 Å². The van der Waals surface area contributed by atoms with E-state index in [9.17, 15) is 9.59 Å². The van der Waals surface area contributed by atoms with Crippen molar-refractivity contribution < 1.29 is 9.53 Å². The van der Waals surface area contributed by atoms with E-state index in [-0.39, 0.29) is 12.2 Å². The summed E-state index contributed by atoms with van der Waals surface area (Å²) in [6, 6.07) is 29.6. The van der Waals surface area contributed by atoms with Gasteiger partial charge in [0.15, 0.2) is 4.80 Å². The third-order valence-electron chi connectivity index (χ3n) is 6.94. The highest BCUT2D eigenvalue weighted by Crippen LogP contribution is 2.30. The number of rotatable bonds is 6. The van der Waals surface area contributed by atoms with E-state index in [1.54, 1.807) is 18.4 Å². The first-order chi connectivity index (χ1) is 19.0. The zero-order chi connectivity index (χ0) is 26.9. The van der Waals surface area contributed by atoms with Crippen molar-refractivity contribution in [2.45, 2.75) is 26.4 Å². The first kappa shape index (κ1) is 24.8. The third kappa shape index (κ3) is 4.55. The molecule has 1 unspecified atom stereocenters. The maximum absolute atomic E-state index is 14.0. The van der Waals surface area contributed by atoms with E-state index in [0.29, 0.717) is 27.1 Å². The fraction of sp³-hybridized carbons (Fsp3) is 0.156. The van der Waals surface area contributed by atoms with Crippen molar-refractivity contribution in [3.05, 3.63) is 139 Å². The van der Waals surface area contributed by atoms with Crippen LogP contribution < -0.4 is 14.9 Å². The summed E-state index contributed by atoms with van der Waals surface area (Å²) in [6.45, 7) is 4.50. The van der Waals surface area contributed by atoms with Crippen LogP contribution >= 0.6 is 11.3 Å². The van der Waals surface area contributed by atoms with Gasteiger partial charge >= 0.3 is 5.97 Å². The largest absolute Gasteiger partial charge is 0.463 e. The molecule has 39 heavy (non-hydrogen) atoms. The van der Waals surface area contributed by atoms with Crippen molar-refractivity contribution in [3.63, 3.8) is 0 Å². The Morgan fingerprint density at radius 1 is 1.00 bits per heavy atom. The molecule has 7 heteroatoms. The summed E-state index contributed by atoms with van der Waals surface area (Å²) >= 11 is 1.34. The van der Waals surface area contributed by atoms with Crippen molar-refractivity contribution in [1.29, 1.82) is 0 Å². The maximum atomic E-state index is 14.0. The molecular formula is C32H27N3O3S. The molecule has 3 heterocycles. The number of carbonyl (C=O) groups excluding carboxylic acids is 1. The Kier molecular flexibility index (Phi) is 6.59. The van der Waals surface area contributed by atoms with Crippen LogP contribution in [0.5, 0.6) is 0 Å². The standard InChI is InChI=1S/C32H27N3O3S/c1-3-38-31(37)28-21(2)33-32-35(29(28)23-14-8-5-9-15-23)30(36)27(39-32)19-25-18-24-16-10-11-17-26(24)34(25)20-22-12-6-4-7-13-22/h4-19,29H,3,20H2,1-2H3. The van der Waals surface area contributed by atoms with Gasteiger partial charge in [0.05, 0.1) is 28.5 Å². The molecule has 3 aromatic carbocycles. The van der Waals surface area contributed by atoms with Gasteiger partial charge in [-0.25, -0.2) is 9.79 Å². The summed E-state index contributed by atoms with van der Waals surface area (Å²) in [5.41, 5.74) is 4.81. The zero-order valence-corrected chi connectivity index (χ0v) is 22.5. The number of fused-ring (bicyclic) bond motifs is 2. The molecule has 1 atom stereocenters. The topological polar surface area (TPSA) is 65.6 Å². The first-order valence-corrected chi connectivity index (χ1v) is 13.7. The lowest BCUT2D eigenvalue weighted by atomic mass is 9.96. The van der Waals surface area contributed by atoms with Crippen LogP contribution in [-0.4, -0.2) is 21.7 Å². The molecule has 6 rings (SSSR count). The Labute approximate surface area is 229 Å². The minimum atomic E-state index is -0.612. The van der Waals surface area contributed by atoms with E-state index in [0.717, 1.165) is 22.2 Å². The SMILES string of the molecule is CCOC(=O)C1=C(C)N=c2sc(=Cc3cc4ccccc4n3Cc3ccccc3)c(=O)n2C1c1ccccc1. The summed E-state index contributed by atoms with van der Waals surface area (Å²) in [5.74, 6) is -0.454. The molecule has 0 N–H and O–H groups in total. The number of carbonyl (C=O) groups is 1. The van der Waals surface area contributed by atoms with E-state index in [1.807, 2.05) is 66.7 Å². The smallest absolute Gasteiger partial charge is 0.338 e. The highest BCUT2D eigenvalue weighted by atomic mass is 32.1. The van der Waals surface area contributed by atoms with Crippen LogP contribution in [0.4, 0.5) is 0 Å². The molecule has 0 aliphatic carbocycles. The van der Waals surface area contributed by atoms with Crippen molar-refractivity contribution in [3.8, 4) is 0 Å². The number of benzene rings is 3. The second-order valence-corrected chi connectivity index (χ2v) is 10.4. The monoisotopic (exact) mass is 533 g/mol. The van der Waals surface area contributed by atoms with Crippen LogP contribution in [0, 0.1) is 0 Å². The highest BCUT2D eigenvalue weighted by molar-refractivity contribution is 7.07. The van der Waals surface area contributed by atoms with Gasteiger partial charge < -0.3 is 9.30 Å². The summed E-state index contributed by atoms with van der Waals surface area (Å²) in [7, 11) is 0. The number of allylic oxidation sites excluding steroid dienone is 1. The number of aromatic nitrogens is 2. The molecule has 194 valence electrons. The second-order valence-electron chi connectivity index (χ2n) is 9.41. The van der Waals surface area contributed by atoms with Crippen LogP contribution in [0.15, 0.2) is 112 Å². The van der Waals surface area contributed by atoms with Crippen LogP contribution in [0.2, 0.25) is 0 Å². The van der Waals surface area contributed by atoms with Gasteiger partial charge in [-0.1, -0.05) is 90.2 Å². The summed E-state index contributed by atoms with van der Waals surface area (Å²) in [6.07, 6.45) is 1.94. The van der Waals surface area contributed by atoms with Crippen LogP contribution in [0.25, 0.3) is 17.0 Å². The second kappa shape index (κ2) is 10.3. The number of ether oxygens (including phenoxy) is 1. The van der Waals surface area contributed by atoms with Crippen molar-refractivity contribution in [2.75, 3.05) is 6.61 Å². The Morgan fingerprint density at radius 3 is 2.44 bits per heavy atom. The molecule has 0 bridgehead atoms. The quantitative estimate of drug-likeness (QED) is 0.295. The minimum absolute atomic E-state index is 0.182. The molecule has 0 saturated carbocycles. The van der Waals surface area contributed by atoms with Crippen LogP contribution in [0.1, 0.15) is 36.7 Å². The number of para-hydroxylation sites is 1. The van der Waals surface area contributed by atoms with E-state index in [2.05, 4.69) is 34.9 Å². The normalized spacial score (nSPS) is 15.3. The molecule has 0 spiro atoms. The van der Waals surface area contributed by atoms with Gasteiger partial charge in [-0.05, 0) is 43.2 Å². The molecule has 6 nitrogen and oxygen atoms in total. The third-order valence-corrected chi connectivity index (χ3v) is 7.92. The van der Waals surface area contributed by atoms with E-state index in [1.165, 1.54) is 16.9 Å². The van der Waals surface area contributed by atoms with Crippen LogP contribution in [0.3, 0.4) is 0 Å². The lowest BCUT2D eigenvalue weighted by Crippen LogP contribution is -2.40. The predicted molar refractivity (Wildman–Crippen MR) is 154 cm³/mol. The maximum Gasteiger partial charge on any atom is 0.338 e. The van der Waals surface area contributed by atoms with Crippen molar-refractivity contribution in [1.82, 2.24) is 9.13 Å². The minimum Gasteiger partial charge on any atom is -0.463 e. The van der Waals surface area contributed by atoms with Crippen LogP contribution in [-0.2, 0) is 16.1 Å². The van der Waals surface area contributed by atoms with Gasteiger partial charge in [-0.15, -0.1) is 0 Å². The van der Waals surface area contributed by atoms with E-state index < -0.39 is 12.0 Å². The molecule has 0 saturated heterocycles.